The first-order valence-electron chi connectivity index (χ1n) is 4.84. The highest BCUT2D eigenvalue weighted by Crippen LogP contribution is 2.40. The van der Waals surface area contributed by atoms with Gasteiger partial charge in [0.2, 0.25) is 0 Å². The van der Waals surface area contributed by atoms with Crippen LogP contribution in [-0.4, -0.2) is 26.2 Å². The molecular formula is C9H20NO3P. The van der Waals surface area contributed by atoms with Gasteiger partial charge in [0.15, 0.2) is 5.90 Å². The van der Waals surface area contributed by atoms with Gasteiger partial charge in [-0.05, 0) is 13.8 Å². The first-order chi connectivity index (χ1) is 6.65. The van der Waals surface area contributed by atoms with Crippen molar-refractivity contribution in [1.29, 1.82) is 0 Å². The van der Waals surface area contributed by atoms with Crippen molar-refractivity contribution in [1.82, 2.24) is 0 Å². The van der Waals surface area contributed by atoms with E-state index in [0.29, 0.717) is 19.1 Å². The van der Waals surface area contributed by atoms with Gasteiger partial charge in [-0.1, -0.05) is 13.8 Å². The third-order valence-electron chi connectivity index (χ3n) is 1.36. The molecule has 0 aromatic heterocycles. The van der Waals surface area contributed by atoms with E-state index in [2.05, 4.69) is 4.76 Å². The van der Waals surface area contributed by atoms with Crippen molar-refractivity contribution in [2.75, 3.05) is 20.3 Å². The van der Waals surface area contributed by atoms with E-state index in [4.69, 9.17) is 13.8 Å². The molecule has 0 aliphatic carbocycles. The summed E-state index contributed by atoms with van der Waals surface area (Å²) in [4.78, 5) is 0. The SMILES string of the molecule is CCOP(N=C(OC)C(C)C)OCC. The van der Waals surface area contributed by atoms with Gasteiger partial charge in [-0.25, -0.2) is 0 Å². The Bertz CT molecular complexity index is 167. The highest BCUT2D eigenvalue weighted by atomic mass is 31.2. The molecule has 5 heteroatoms. The summed E-state index contributed by atoms with van der Waals surface area (Å²) in [5.41, 5.74) is 0. The fraction of sp³-hybridized carbons (Fsp3) is 0.889. The fourth-order valence-electron chi connectivity index (χ4n) is 0.788. The number of methoxy groups -OCH3 is 1. The average molecular weight is 221 g/mol. The quantitative estimate of drug-likeness (QED) is 0.393. The van der Waals surface area contributed by atoms with E-state index in [-0.39, 0.29) is 5.92 Å². The lowest BCUT2D eigenvalue weighted by molar-refractivity contribution is 0.268. The van der Waals surface area contributed by atoms with Gasteiger partial charge in [0.1, 0.15) is 0 Å². The van der Waals surface area contributed by atoms with Crippen molar-refractivity contribution in [3.8, 4) is 0 Å². The van der Waals surface area contributed by atoms with Crippen molar-refractivity contribution in [2.45, 2.75) is 27.7 Å². The Morgan fingerprint density at radius 2 is 1.71 bits per heavy atom. The molecule has 0 saturated carbocycles. The molecular weight excluding hydrogens is 201 g/mol. The van der Waals surface area contributed by atoms with E-state index in [1.807, 2.05) is 27.7 Å². The summed E-state index contributed by atoms with van der Waals surface area (Å²) >= 11 is 0. The van der Waals surface area contributed by atoms with Crippen molar-refractivity contribution < 1.29 is 13.8 Å². The van der Waals surface area contributed by atoms with Gasteiger partial charge < -0.3 is 13.8 Å². The molecule has 0 fully saturated rings. The zero-order valence-corrected chi connectivity index (χ0v) is 10.5. The average Bonchev–Trinajstić information content (AvgIpc) is 2.14. The van der Waals surface area contributed by atoms with E-state index in [0.717, 1.165) is 0 Å². The number of ether oxygens (including phenoxy) is 1. The Balaban J connectivity index is 4.32. The third-order valence-corrected chi connectivity index (χ3v) is 2.68. The summed E-state index contributed by atoms with van der Waals surface area (Å²) < 4.78 is 20.1. The van der Waals surface area contributed by atoms with Gasteiger partial charge in [0.25, 0.3) is 0 Å². The Morgan fingerprint density at radius 3 is 2.00 bits per heavy atom. The number of hydrogen-bond acceptors (Lipinski definition) is 4. The molecule has 0 amide bonds. The molecule has 0 bridgehead atoms. The van der Waals surface area contributed by atoms with E-state index in [1.165, 1.54) is 0 Å². The monoisotopic (exact) mass is 221 g/mol. The first-order valence-corrected chi connectivity index (χ1v) is 5.97. The molecule has 0 radical (unpaired) electrons. The Labute approximate surface area is 87.6 Å². The van der Waals surface area contributed by atoms with Crippen LogP contribution in [0.2, 0.25) is 0 Å². The van der Waals surface area contributed by atoms with E-state index < -0.39 is 8.53 Å². The van der Waals surface area contributed by atoms with Crippen LogP contribution in [-0.2, 0) is 13.8 Å². The van der Waals surface area contributed by atoms with E-state index in [1.54, 1.807) is 7.11 Å². The molecule has 0 unspecified atom stereocenters. The molecule has 0 aliphatic heterocycles. The van der Waals surface area contributed by atoms with Crippen LogP contribution in [0.25, 0.3) is 0 Å². The molecule has 0 saturated heterocycles. The summed E-state index contributed by atoms with van der Waals surface area (Å²) in [6.07, 6.45) is 0. The lowest BCUT2D eigenvalue weighted by Gasteiger charge is -2.13. The highest BCUT2D eigenvalue weighted by Gasteiger charge is 2.12. The molecule has 0 heterocycles. The Hall–Kier alpha value is -0.180. The lowest BCUT2D eigenvalue weighted by atomic mass is 10.2. The minimum Gasteiger partial charge on any atom is -0.484 e. The van der Waals surface area contributed by atoms with Crippen molar-refractivity contribution in [2.24, 2.45) is 10.7 Å². The predicted molar refractivity (Wildman–Crippen MR) is 59.5 cm³/mol. The molecule has 0 aromatic carbocycles. The first kappa shape index (κ1) is 13.8. The highest BCUT2D eigenvalue weighted by molar-refractivity contribution is 7.46. The normalized spacial score (nSPS) is 12.6. The molecule has 4 nitrogen and oxygen atoms in total. The van der Waals surface area contributed by atoms with Crippen LogP contribution in [0.4, 0.5) is 0 Å². The summed E-state index contributed by atoms with van der Waals surface area (Å²) in [5, 5.41) is 0. The molecule has 0 N–H and O–H groups in total. The molecule has 14 heavy (non-hydrogen) atoms. The van der Waals surface area contributed by atoms with Gasteiger partial charge in [-0.3, -0.25) is 0 Å². The van der Waals surface area contributed by atoms with Crippen LogP contribution in [0.3, 0.4) is 0 Å². The minimum absolute atomic E-state index is 0.255. The summed E-state index contributed by atoms with van der Waals surface area (Å²) in [5.74, 6) is 0.934. The van der Waals surface area contributed by atoms with Gasteiger partial charge in [-0.15, -0.1) is 0 Å². The summed E-state index contributed by atoms with van der Waals surface area (Å²) in [7, 11) is 0.440. The molecule has 0 rings (SSSR count). The van der Waals surface area contributed by atoms with Crippen LogP contribution in [0.1, 0.15) is 27.7 Å². The van der Waals surface area contributed by atoms with Gasteiger partial charge >= 0.3 is 8.53 Å². The summed E-state index contributed by atoms with van der Waals surface area (Å²) in [6, 6.07) is 0. The fourth-order valence-corrected chi connectivity index (χ4v) is 1.89. The number of rotatable bonds is 6. The van der Waals surface area contributed by atoms with Crippen LogP contribution in [0, 0.1) is 5.92 Å². The zero-order valence-electron chi connectivity index (χ0n) is 9.61. The molecule has 0 aromatic rings. The van der Waals surface area contributed by atoms with Crippen LogP contribution in [0.15, 0.2) is 4.76 Å². The predicted octanol–water partition coefficient (Wildman–Crippen LogP) is 2.99. The second-order valence-corrected chi connectivity index (χ2v) is 4.06. The second-order valence-electron chi connectivity index (χ2n) is 2.87. The van der Waals surface area contributed by atoms with Crippen molar-refractivity contribution in [3.63, 3.8) is 0 Å². The van der Waals surface area contributed by atoms with Gasteiger partial charge in [0.05, 0.1) is 20.3 Å². The standard InChI is InChI=1S/C9H20NO3P/c1-6-12-14(13-7-2)10-9(11-5)8(3)4/h8H,6-7H2,1-5H3. The van der Waals surface area contributed by atoms with Crippen LogP contribution >= 0.6 is 8.53 Å². The zero-order chi connectivity index (χ0) is 11.0. The van der Waals surface area contributed by atoms with Crippen LogP contribution < -0.4 is 0 Å². The molecule has 0 aliphatic rings. The third kappa shape index (κ3) is 5.53. The Morgan fingerprint density at radius 1 is 1.21 bits per heavy atom. The van der Waals surface area contributed by atoms with Gasteiger partial charge in [-0.2, -0.15) is 4.76 Å². The lowest BCUT2D eigenvalue weighted by Crippen LogP contribution is -2.09. The van der Waals surface area contributed by atoms with E-state index >= 15 is 0 Å². The van der Waals surface area contributed by atoms with E-state index in [9.17, 15) is 0 Å². The largest absolute Gasteiger partial charge is 0.484 e. The number of hydrogen-bond donors (Lipinski definition) is 0. The van der Waals surface area contributed by atoms with Gasteiger partial charge in [0, 0.05) is 5.92 Å². The second kappa shape index (κ2) is 8.16. The van der Waals surface area contributed by atoms with Crippen molar-refractivity contribution in [3.05, 3.63) is 0 Å². The Kier molecular flexibility index (Phi) is 8.05. The maximum atomic E-state index is 5.34. The molecule has 0 atom stereocenters. The summed E-state index contributed by atoms with van der Waals surface area (Å²) in [6.45, 7) is 9.09. The minimum atomic E-state index is -1.18. The number of nitrogens with zero attached hydrogens (tertiary/aromatic N) is 1. The van der Waals surface area contributed by atoms with Crippen LogP contribution in [0.5, 0.6) is 0 Å². The molecule has 0 spiro atoms. The topological polar surface area (TPSA) is 40.0 Å². The maximum absolute atomic E-state index is 5.34. The molecule has 84 valence electrons. The van der Waals surface area contributed by atoms with Crippen molar-refractivity contribution >= 4 is 14.4 Å². The maximum Gasteiger partial charge on any atom is 0.313 e. The smallest absolute Gasteiger partial charge is 0.313 e.